The molecule has 1 aromatic heterocycles. The van der Waals surface area contributed by atoms with E-state index in [2.05, 4.69) is 10.3 Å². The highest BCUT2D eigenvalue weighted by Gasteiger charge is 2.18. The highest BCUT2D eigenvalue weighted by atomic mass is 16.5. The minimum Gasteiger partial charge on any atom is -0.493 e. The zero-order chi connectivity index (χ0) is 18.9. The van der Waals surface area contributed by atoms with Crippen molar-refractivity contribution in [3.05, 3.63) is 53.9 Å². The summed E-state index contributed by atoms with van der Waals surface area (Å²) in [6.07, 6.45) is 4.05. The molecule has 6 heteroatoms. The third kappa shape index (κ3) is 6.04. The van der Waals surface area contributed by atoms with Crippen molar-refractivity contribution < 1.29 is 19.4 Å². The van der Waals surface area contributed by atoms with Gasteiger partial charge in [0.05, 0.1) is 7.11 Å². The normalized spacial score (nSPS) is 12.0. The predicted molar refractivity (Wildman–Crippen MR) is 99.3 cm³/mol. The fraction of sp³-hybridized carbons (Fsp3) is 0.400. The Balaban J connectivity index is 2.04. The van der Waals surface area contributed by atoms with Gasteiger partial charge in [0.15, 0.2) is 11.5 Å². The number of carboxylic acids is 1. The van der Waals surface area contributed by atoms with Crippen LogP contribution in [0.1, 0.15) is 31.4 Å². The number of rotatable bonds is 10. The van der Waals surface area contributed by atoms with E-state index in [1.807, 2.05) is 44.2 Å². The lowest BCUT2D eigenvalue weighted by Gasteiger charge is -2.17. The lowest BCUT2D eigenvalue weighted by Crippen LogP contribution is -2.37. The molecule has 0 aliphatic rings. The Morgan fingerprint density at radius 3 is 2.65 bits per heavy atom. The summed E-state index contributed by atoms with van der Waals surface area (Å²) < 4.78 is 11.2. The van der Waals surface area contributed by atoms with Gasteiger partial charge in [-0.15, -0.1) is 0 Å². The minimum absolute atomic E-state index is 0.304. The summed E-state index contributed by atoms with van der Waals surface area (Å²) in [5.74, 6) is 0.721. The summed E-state index contributed by atoms with van der Waals surface area (Å²) in [6, 6.07) is 8.82. The summed E-state index contributed by atoms with van der Waals surface area (Å²) >= 11 is 0. The Bertz CT molecular complexity index is 704. The molecule has 1 atom stereocenters. The van der Waals surface area contributed by atoms with Crippen LogP contribution in [-0.2, 0) is 17.9 Å². The van der Waals surface area contributed by atoms with Gasteiger partial charge in [-0.3, -0.25) is 9.78 Å². The SMILES string of the molecule is COc1ccc(CN[C@H](CC(C)C)C(=O)O)cc1OCc1cccnc1. The molecular weight excluding hydrogens is 332 g/mol. The van der Waals surface area contributed by atoms with Crippen LogP contribution in [0.2, 0.25) is 0 Å². The van der Waals surface area contributed by atoms with Gasteiger partial charge in [-0.05, 0) is 36.1 Å². The van der Waals surface area contributed by atoms with Crippen LogP contribution in [0.4, 0.5) is 0 Å². The molecule has 2 rings (SSSR count). The van der Waals surface area contributed by atoms with Gasteiger partial charge in [0, 0.05) is 24.5 Å². The number of aromatic nitrogens is 1. The average molecular weight is 358 g/mol. The van der Waals surface area contributed by atoms with E-state index >= 15 is 0 Å². The Morgan fingerprint density at radius 2 is 2.04 bits per heavy atom. The maximum absolute atomic E-state index is 11.4. The molecule has 6 nitrogen and oxygen atoms in total. The number of nitrogens with one attached hydrogen (secondary N) is 1. The number of benzene rings is 1. The van der Waals surface area contributed by atoms with Crippen LogP contribution in [0, 0.1) is 5.92 Å². The monoisotopic (exact) mass is 358 g/mol. The first-order valence-electron chi connectivity index (χ1n) is 8.64. The number of carbonyl (C=O) groups is 1. The van der Waals surface area contributed by atoms with Crippen molar-refractivity contribution in [3.63, 3.8) is 0 Å². The molecule has 0 spiro atoms. The van der Waals surface area contributed by atoms with Gasteiger partial charge in [0.2, 0.25) is 0 Å². The number of pyridine rings is 1. The molecule has 2 N–H and O–H groups in total. The summed E-state index contributed by atoms with van der Waals surface area (Å²) in [5.41, 5.74) is 1.89. The summed E-state index contributed by atoms with van der Waals surface area (Å²) in [7, 11) is 1.59. The van der Waals surface area contributed by atoms with Gasteiger partial charge in [-0.25, -0.2) is 0 Å². The molecule has 0 amide bonds. The molecule has 0 radical (unpaired) electrons. The fourth-order valence-corrected chi connectivity index (χ4v) is 2.57. The van der Waals surface area contributed by atoms with Crippen molar-refractivity contribution in [2.24, 2.45) is 5.92 Å². The van der Waals surface area contributed by atoms with Crippen LogP contribution in [0.15, 0.2) is 42.7 Å². The topological polar surface area (TPSA) is 80.7 Å². The Hall–Kier alpha value is -2.60. The highest BCUT2D eigenvalue weighted by molar-refractivity contribution is 5.73. The van der Waals surface area contributed by atoms with Crippen LogP contribution >= 0.6 is 0 Å². The first-order chi connectivity index (χ1) is 12.5. The number of ether oxygens (including phenoxy) is 2. The first kappa shape index (κ1) is 19.7. The number of nitrogens with zero attached hydrogens (tertiary/aromatic N) is 1. The summed E-state index contributed by atoms with van der Waals surface area (Å²) in [4.78, 5) is 15.4. The maximum Gasteiger partial charge on any atom is 0.320 e. The largest absolute Gasteiger partial charge is 0.493 e. The third-order valence-electron chi connectivity index (χ3n) is 3.90. The van der Waals surface area contributed by atoms with Crippen LogP contribution in [0.5, 0.6) is 11.5 Å². The molecule has 0 saturated carbocycles. The quantitative estimate of drug-likeness (QED) is 0.678. The molecule has 0 saturated heterocycles. The van der Waals surface area contributed by atoms with Gasteiger partial charge >= 0.3 is 5.97 Å². The summed E-state index contributed by atoms with van der Waals surface area (Å²) in [5, 5.41) is 12.4. The smallest absolute Gasteiger partial charge is 0.320 e. The molecule has 1 heterocycles. The second-order valence-electron chi connectivity index (χ2n) is 6.54. The van der Waals surface area contributed by atoms with Crippen molar-refractivity contribution in [2.75, 3.05) is 7.11 Å². The van der Waals surface area contributed by atoms with Crippen molar-refractivity contribution in [1.29, 1.82) is 0 Å². The van der Waals surface area contributed by atoms with Crippen molar-refractivity contribution >= 4 is 5.97 Å². The second kappa shape index (κ2) is 9.77. The average Bonchev–Trinajstić information content (AvgIpc) is 2.63. The Kier molecular flexibility index (Phi) is 7.41. The molecule has 0 unspecified atom stereocenters. The van der Waals surface area contributed by atoms with Crippen LogP contribution in [0.3, 0.4) is 0 Å². The molecule has 0 bridgehead atoms. The molecule has 140 valence electrons. The van der Waals surface area contributed by atoms with E-state index in [1.165, 1.54) is 0 Å². The van der Waals surface area contributed by atoms with Crippen molar-refractivity contribution in [1.82, 2.24) is 10.3 Å². The first-order valence-corrected chi connectivity index (χ1v) is 8.64. The molecule has 1 aromatic carbocycles. The van der Waals surface area contributed by atoms with E-state index in [0.29, 0.717) is 37.0 Å². The van der Waals surface area contributed by atoms with E-state index in [9.17, 15) is 9.90 Å². The fourth-order valence-electron chi connectivity index (χ4n) is 2.57. The molecular formula is C20H26N2O4. The van der Waals surface area contributed by atoms with Crippen molar-refractivity contribution in [2.45, 2.75) is 39.5 Å². The van der Waals surface area contributed by atoms with Crippen LogP contribution in [0.25, 0.3) is 0 Å². The number of methoxy groups -OCH3 is 1. The number of carboxylic acid groups (broad SMARTS) is 1. The molecule has 2 aromatic rings. The lowest BCUT2D eigenvalue weighted by molar-refractivity contribution is -0.140. The zero-order valence-electron chi connectivity index (χ0n) is 15.4. The van der Waals surface area contributed by atoms with Gasteiger partial charge < -0.3 is 19.9 Å². The van der Waals surface area contributed by atoms with E-state index in [0.717, 1.165) is 11.1 Å². The molecule has 0 fully saturated rings. The van der Waals surface area contributed by atoms with E-state index in [1.54, 1.807) is 19.5 Å². The van der Waals surface area contributed by atoms with Crippen LogP contribution < -0.4 is 14.8 Å². The van der Waals surface area contributed by atoms with Gasteiger partial charge in [0.25, 0.3) is 0 Å². The van der Waals surface area contributed by atoms with E-state index in [4.69, 9.17) is 9.47 Å². The number of hydrogen-bond acceptors (Lipinski definition) is 5. The number of hydrogen-bond donors (Lipinski definition) is 2. The Morgan fingerprint density at radius 1 is 1.23 bits per heavy atom. The third-order valence-corrected chi connectivity index (χ3v) is 3.90. The van der Waals surface area contributed by atoms with E-state index in [-0.39, 0.29) is 0 Å². The van der Waals surface area contributed by atoms with Crippen LogP contribution in [-0.4, -0.2) is 29.2 Å². The minimum atomic E-state index is -0.833. The van der Waals surface area contributed by atoms with Crippen molar-refractivity contribution in [3.8, 4) is 11.5 Å². The Labute approximate surface area is 154 Å². The van der Waals surface area contributed by atoms with Gasteiger partial charge in [0.1, 0.15) is 12.6 Å². The molecule has 0 aliphatic carbocycles. The molecule has 0 aliphatic heterocycles. The van der Waals surface area contributed by atoms with E-state index < -0.39 is 12.0 Å². The lowest BCUT2D eigenvalue weighted by atomic mass is 10.0. The maximum atomic E-state index is 11.4. The second-order valence-corrected chi connectivity index (χ2v) is 6.54. The predicted octanol–water partition coefficient (Wildman–Crippen LogP) is 3.26. The zero-order valence-corrected chi connectivity index (χ0v) is 15.4. The summed E-state index contributed by atoms with van der Waals surface area (Å²) in [6.45, 7) is 4.84. The standard InChI is InChI=1S/C20H26N2O4/c1-14(2)9-17(20(23)24)22-12-15-6-7-18(25-3)19(10-15)26-13-16-5-4-8-21-11-16/h4-8,10-11,14,17,22H,9,12-13H2,1-3H3,(H,23,24)/t17-/m1/s1. The highest BCUT2D eigenvalue weighted by Crippen LogP contribution is 2.29. The van der Waals surface area contributed by atoms with Gasteiger partial charge in [-0.2, -0.15) is 0 Å². The number of aliphatic carboxylic acids is 1. The van der Waals surface area contributed by atoms with Gasteiger partial charge in [-0.1, -0.05) is 26.0 Å². The molecule has 26 heavy (non-hydrogen) atoms.